The van der Waals surface area contributed by atoms with E-state index in [1.54, 1.807) is 0 Å². The zero-order chi connectivity index (χ0) is 16.8. The van der Waals surface area contributed by atoms with Crippen molar-refractivity contribution >= 4 is 5.97 Å². The number of carbonyl (C=O) groups is 1. The number of hydrogen-bond donors (Lipinski definition) is 1. The van der Waals surface area contributed by atoms with E-state index < -0.39 is 5.97 Å². The molecule has 0 bridgehead atoms. The molecule has 0 radical (unpaired) electrons. The van der Waals surface area contributed by atoms with Gasteiger partial charge in [-0.05, 0) is 19.3 Å². The molecule has 2 unspecified atom stereocenters. The molecule has 0 saturated carbocycles. The van der Waals surface area contributed by atoms with Crippen LogP contribution in [0.1, 0.15) is 110 Å². The van der Waals surface area contributed by atoms with Crippen LogP contribution in [0.4, 0.5) is 0 Å². The average Bonchev–Trinajstić information content (AvgIpc) is 3.26. The van der Waals surface area contributed by atoms with E-state index in [1.165, 1.54) is 83.5 Å². The van der Waals surface area contributed by atoms with Crippen molar-refractivity contribution in [2.75, 3.05) is 0 Å². The van der Waals surface area contributed by atoms with Crippen LogP contribution in [0.25, 0.3) is 0 Å². The van der Waals surface area contributed by atoms with Crippen molar-refractivity contribution in [3.05, 3.63) is 0 Å². The van der Waals surface area contributed by atoms with Crippen LogP contribution in [0, 0.1) is 0 Å². The second-order valence-electron chi connectivity index (χ2n) is 7.18. The molecule has 0 spiro atoms. The van der Waals surface area contributed by atoms with Crippen LogP contribution in [-0.4, -0.2) is 23.3 Å². The monoisotopic (exact) mass is 326 g/mol. The summed E-state index contributed by atoms with van der Waals surface area (Å²) in [7, 11) is 0. The van der Waals surface area contributed by atoms with Crippen LogP contribution >= 0.6 is 0 Å². The van der Waals surface area contributed by atoms with Gasteiger partial charge in [0, 0.05) is 6.42 Å². The fourth-order valence-electron chi connectivity index (χ4n) is 3.33. The Morgan fingerprint density at radius 1 is 0.739 bits per heavy atom. The summed E-state index contributed by atoms with van der Waals surface area (Å²) in [4.78, 5) is 10.4. The summed E-state index contributed by atoms with van der Waals surface area (Å²) in [5.74, 6) is -0.692. The highest BCUT2D eigenvalue weighted by Crippen LogP contribution is 2.31. The predicted octanol–water partition coefficient (Wildman–Crippen LogP) is 6.10. The normalized spacial score (nSPS) is 19.9. The highest BCUT2D eigenvalue weighted by Gasteiger charge is 2.36. The summed E-state index contributed by atoms with van der Waals surface area (Å²) in [6.45, 7) is 2.27. The highest BCUT2D eigenvalue weighted by molar-refractivity contribution is 5.66. The first-order valence-corrected chi connectivity index (χ1v) is 10.1. The fraction of sp³-hybridized carbons (Fsp3) is 0.950. The van der Waals surface area contributed by atoms with Gasteiger partial charge in [-0.25, -0.2) is 0 Å². The van der Waals surface area contributed by atoms with Crippen LogP contribution in [0.2, 0.25) is 0 Å². The van der Waals surface area contributed by atoms with Gasteiger partial charge in [0.15, 0.2) is 0 Å². The molecule has 0 amide bonds. The molecule has 136 valence electrons. The summed E-state index contributed by atoms with van der Waals surface area (Å²) < 4.78 is 5.61. The molecular formula is C20H38O3. The lowest BCUT2D eigenvalue weighted by Gasteiger charge is -2.02. The van der Waals surface area contributed by atoms with Crippen molar-refractivity contribution < 1.29 is 14.6 Å². The molecule has 0 aliphatic carbocycles. The van der Waals surface area contributed by atoms with Gasteiger partial charge in [-0.1, -0.05) is 84.0 Å². The van der Waals surface area contributed by atoms with Crippen LogP contribution in [0.5, 0.6) is 0 Å². The Morgan fingerprint density at radius 3 is 1.65 bits per heavy atom. The van der Waals surface area contributed by atoms with E-state index in [4.69, 9.17) is 9.84 Å². The first-order chi connectivity index (χ1) is 11.2. The van der Waals surface area contributed by atoms with Crippen LogP contribution in [0.15, 0.2) is 0 Å². The number of rotatable bonds is 17. The van der Waals surface area contributed by atoms with Gasteiger partial charge in [-0.15, -0.1) is 0 Å². The third-order valence-electron chi connectivity index (χ3n) is 4.91. The average molecular weight is 327 g/mol. The van der Waals surface area contributed by atoms with Crippen molar-refractivity contribution in [2.24, 2.45) is 0 Å². The van der Waals surface area contributed by atoms with Crippen LogP contribution in [0.3, 0.4) is 0 Å². The lowest BCUT2D eigenvalue weighted by molar-refractivity contribution is -0.137. The molecule has 1 aliphatic heterocycles. The van der Waals surface area contributed by atoms with Crippen LogP contribution < -0.4 is 0 Å². The minimum absolute atomic E-state index is 0.283. The Balaban J connectivity index is 1.72. The topological polar surface area (TPSA) is 49.8 Å². The van der Waals surface area contributed by atoms with Gasteiger partial charge in [0.2, 0.25) is 0 Å². The number of epoxide rings is 1. The lowest BCUT2D eigenvalue weighted by Crippen LogP contribution is -1.98. The molecule has 2 atom stereocenters. The first-order valence-electron chi connectivity index (χ1n) is 10.1. The smallest absolute Gasteiger partial charge is 0.303 e. The Labute approximate surface area is 143 Å². The highest BCUT2D eigenvalue weighted by atomic mass is 16.6. The van der Waals surface area contributed by atoms with Crippen LogP contribution in [-0.2, 0) is 9.53 Å². The molecule has 0 aromatic heterocycles. The first kappa shape index (κ1) is 20.5. The standard InChI is InChI=1S/C20H38O3/c1-2-3-4-5-6-7-8-9-10-11-12-13-15-18-19(23-18)16-14-17-20(21)22/h18-19H,2-17H2,1H3,(H,21,22). The van der Waals surface area contributed by atoms with Crippen molar-refractivity contribution in [3.63, 3.8) is 0 Å². The lowest BCUT2D eigenvalue weighted by atomic mass is 10.0. The molecule has 0 aromatic carbocycles. The van der Waals surface area contributed by atoms with Gasteiger partial charge in [-0.2, -0.15) is 0 Å². The number of carboxylic acid groups (broad SMARTS) is 1. The van der Waals surface area contributed by atoms with Gasteiger partial charge in [0.25, 0.3) is 0 Å². The molecule has 3 nitrogen and oxygen atoms in total. The van der Waals surface area contributed by atoms with E-state index in [-0.39, 0.29) is 6.42 Å². The van der Waals surface area contributed by atoms with Gasteiger partial charge < -0.3 is 9.84 Å². The number of aliphatic carboxylic acids is 1. The molecule has 1 saturated heterocycles. The zero-order valence-electron chi connectivity index (χ0n) is 15.2. The summed E-state index contributed by atoms with van der Waals surface area (Å²) in [5, 5.41) is 8.60. The maximum atomic E-state index is 10.4. The molecule has 0 aromatic rings. The molecule has 1 aliphatic rings. The van der Waals surface area contributed by atoms with E-state index in [9.17, 15) is 4.79 Å². The fourth-order valence-corrected chi connectivity index (χ4v) is 3.33. The molecule has 1 rings (SSSR count). The van der Waals surface area contributed by atoms with Gasteiger partial charge in [-0.3, -0.25) is 4.79 Å². The molecule has 1 N–H and O–H groups in total. The Bertz CT molecular complexity index is 291. The Kier molecular flexibility index (Phi) is 12.3. The van der Waals surface area contributed by atoms with E-state index in [1.807, 2.05) is 0 Å². The number of hydrogen-bond acceptors (Lipinski definition) is 2. The van der Waals surface area contributed by atoms with Crippen molar-refractivity contribution in [3.8, 4) is 0 Å². The van der Waals surface area contributed by atoms with Gasteiger partial charge in [0.05, 0.1) is 12.2 Å². The SMILES string of the molecule is CCCCCCCCCCCCCCC1OC1CCCC(=O)O. The Hall–Kier alpha value is -0.570. The summed E-state index contributed by atoms with van der Waals surface area (Å²) in [6, 6.07) is 0. The van der Waals surface area contributed by atoms with E-state index in [0.717, 1.165) is 12.8 Å². The maximum absolute atomic E-state index is 10.4. The number of unbranched alkanes of at least 4 members (excludes halogenated alkanes) is 11. The second-order valence-corrected chi connectivity index (χ2v) is 7.18. The Morgan fingerprint density at radius 2 is 1.17 bits per heavy atom. The third kappa shape index (κ3) is 12.5. The maximum Gasteiger partial charge on any atom is 0.303 e. The third-order valence-corrected chi connectivity index (χ3v) is 4.91. The minimum Gasteiger partial charge on any atom is -0.481 e. The van der Waals surface area contributed by atoms with Crippen molar-refractivity contribution in [1.82, 2.24) is 0 Å². The predicted molar refractivity (Wildman–Crippen MR) is 95.8 cm³/mol. The molecule has 3 heteroatoms. The summed E-state index contributed by atoms with van der Waals surface area (Å²) in [5.41, 5.74) is 0. The van der Waals surface area contributed by atoms with Crippen molar-refractivity contribution in [1.29, 1.82) is 0 Å². The second kappa shape index (κ2) is 13.8. The van der Waals surface area contributed by atoms with E-state index in [2.05, 4.69) is 6.92 Å². The molecular weight excluding hydrogens is 288 g/mol. The number of ether oxygens (including phenoxy) is 1. The molecule has 23 heavy (non-hydrogen) atoms. The van der Waals surface area contributed by atoms with E-state index >= 15 is 0 Å². The quantitative estimate of drug-likeness (QED) is 0.259. The van der Waals surface area contributed by atoms with E-state index in [0.29, 0.717) is 12.2 Å². The zero-order valence-corrected chi connectivity index (χ0v) is 15.2. The summed E-state index contributed by atoms with van der Waals surface area (Å²) in [6.07, 6.45) is 20.6. The molecule has 1 heterocycles. The molecule has 1 fully saturated rings. The minimum atomic E-state index is -0.692. The van der Waals surface area contributed by atoms with Crippen molar-refractivity contribution in [2.45, 2.75) is 122 Å². The number of carboxylic acids is 1. The summed E-state index contributed by atoms with van der Waals surface area (Å²) >= 11 is 0. The largest absolute Gasteiger partial charge is 0.481 e. The van der Waals surface area contributed by atoms with Gasteiger partial charge in [0.1, 0.15) is 0 Å². The van der Waals surface area contributed by atoms with Gasteiger partial charge >= 0.3 is 5.97 Å².